The van der Waals surface area contributed by atoms with Crippen LogP contribution in [0.5, 0.6) is 5.75 Å². The van der Waals surface area contributed by atoms with Gasteiger partial charge in [0.05, 0.1) is 12.7 Å². The minimum Gasteiger partial charge on any atom is -0.497 e. The van der Waals surface area contributed by atoms with Gasteiger partial charge in [-0.1, -0.05) is 38.1 Å². The third-order valence-electron chi connectivity index (χ3n) is 5.23. The predicted molar refractivity (Wildman–Crippen MR) is 89.6 cm³/mol. The van der Waals surface area contributed by atoms with E-state index in [1.54, 1.807) is 7.11 Å². The minimum absolute atomic E-state index is 0.105. The van der Waals surface area contributed by atoms with Gasteiger partial charge in [0.25, 0.3) is 0 Å². The molecule has 1 aliphatic heterocycles. The van der Waals surface area contributed by atoms with E-state index < -0.39 is 0 Å². The number of methoxy groups -OCH3 is 1. The van der Waals surface area contributed by atoms with Crippen LogP contribution in [0.25, 0.3) is 10.8 Å². The van der Waals surface area contributed by atoms with E-state index in [0.717, 1.165) is 12.1 Å². The molecule has 0 aromatic heterocycles. The Bertz CT molecular complexity index is 660. The molecule has 0 unspecified atom stereocenters. The van der Waals surface area contributed by atoms with E-state index >= 15 is 0 Å². The Kier molecular flexibility index (Phi) is 3.29. The fraction of sp³-hybridized carbons (Fsp3) is 0.444. The fourth-order valence-corrected chi connectivity index (χ4v) is 3.13. The van der Waals surface area contributed by atoms with E-state index in [-0.39, 0.29) is 17.9 Å². The van der Waals surface area contributed by atoms with Crippen molar-refractivity contribution in [2.24, 2.45) is 5.41 Å². The summed E-state index contributed by atoms with van der Waals surface area (Å²) in [7, 11) is 1.70. The lowest BCUT2D eigenvalue weighted by molar-refractivity contribution is 0.0376. The van der Waals surface area contributed by atoms with E-state index in [9.17, 15) is 0 Å². The lowest BCUT2D eigenvalue weighted by Gasteiger charge is -2.34. The van der Waals surface area contributed by atoms with Crippen LogP contribution >= 0.6 is 0 Å². The van der Waals surface area contributed by atoms with Crippen molar-refractivity contribution in [3.63, 3.8) is 0 Å². The Morgan fingerprint density at radius 3 is 2.48 bits per heavy atom. The summed E-state index contributed by atoms with van der Waals surface area (Å²) in [6.45, 7) is 9.14. The highest BCUT2D eigenvalue weighted by Crippen LogP contribution is 2.45. The van der Waals surface area contributed by atoms with Gasteiger partial charge >= 0.3 is 6.92 Å². The Morgan fingerprint density at radius 1 is 1.10 bits per heavy atom. The normalized spacial score (nSPS) is 20.0. The molecule has 110 valence electrons. The minimum atomic E-state index is -0.105. The average molecular weight is 282 g/mol. The Hall–Kier alpha value is -1.48. The van der Waals surface area contributed by atoms with Crippen LogP contribution in [0, 0.1) is 5.41 Å². The van der Waals surface area contributed by atoms with Crippen molar-refractivity contribution in [1.82, 2.24) is 0 Å². The smallest absolute Gasteiger partial charge is 0.328 e. The molecule has 0 radical (unpaired) electrons. The molecule has 0 saturated carbocycles. The second kappa shape index (κ2) is 4.77. The van der Waals surface area contributed by atoms with Gasteiger partial charge in [0.2, 0.25) is 0 Å². The number of hydrogen-bond acceptors (Lipinski definition) is 2. The topological polar surface area (TPSA) is 18.5 Å². The number of ether oxygens (including phenoxy) is 1. The second-order valence-electron chi connectivity index (χ2n) is 7.14. The molecule has 2 aromatic carbocycles. The quantitative estimate of drug-likeness (QED) is 0.778. The van der Waals surface area contributed by atoms with Gasteiger partial charge in [-0.3, -0.25) is 0 Å². The molecule has 0 amide bonds. The van der Waals surface area contributed by atoms with E-state index in [2.05, 4.69) is 58.0 Å². The van der Waals surface area contributed by atoms with Gasteiger partial charge in [0.1, 0.15) is 5.75 Å². The van der Waals surface area contributed by atoms with E-state index in [1.165, 1.54) is 16.2 Å². The lowest BCUT2D eigenvalue weighted by Crippen LogP contribution is -2.36. The molecule has 21 heavy (non-hydrogen) atoms. The molecular weight excluding hydrogens is 259 g/mol. The molecule has 3 rings (SSSR count). The largest absolute Gasteiger partial charge is 0.497 e. The van der Waals surface area contributed by atoms with Crippen LogP contribution < -0.4 is 10.2 Å². The van der Waals surface area contributed by atoms with Crippen LogP contribution in [0.4, 0.5) is 0 Å². The van der Waals surface area contributed by atoms with Crippen molar-refractivity contribution in [3.05, 3.63) is 36.4 Å². The SMILES string of the molecule is COc1ccc2c(B3CC(C)(C)C(C)(C)O3)cccc2c1. The third kappa shape index (κ3) is 2.34. The van der Waals surface area contributed by atoms with Crippen molar-refractivity contribution in [1.29, 1.82) is 0 Å². The van der Waals surface area contributed by atoms with Gasteiger partial charge < -0.3 is 9.39 Å². The molecule has 0 aliphatic carbocycles. The highest BCUT2D eigenvalue weighted by atomic mass is 16.5. The molecule has 2 aromatic rings. The van der Waals surface area contributed by atoms with E-state index in [1.807, 2.05) is 6.07 Å². The maximum Gasteiger partial charge on any atom is 0.328 e. The van der Waals surface area contributed by atoms with Crippen molar-refractivity contribution in [2.75, 3.05) is 7.11 Å². The highest BCUT2D eigenvalue weighted by molar-refractivity contribution is 6.71. The number of fused-ring (bicyclic) bond motifs is 1. The molecule has 0 spiro atoms. The summed E-state index contributed by atoms with van der Waals surface area (Å²) in [5.41, 5.74) is 1.35. The second-order valence-corrected chi connectivity index (χ2v) is 7.14. The summed E-state index contributed by atoms with van der Waals surface area (Å²) in [4.78, 5) is 0. The van der Waals surface area contributed by atoms with Gasteiger partial charge in [-0.15, -0.1) is 0 Å². The van der Waals surface area contributed by atoms with Crippen molar-refractivity contribution >= 4 is 23.2 Å². The molecule has 1 fully saturated rings. The van der Waals surface area contributed by atoms with Gasteiger partial charge in [0.15, 0.2) is 0 Å². The Labute approximate surface area is 127 Å². The Morgan fingerprint density at radius 2 is 1.86 bits per heavy atom. The molecule has 3 heteroatoms. The zero-order valence-electron chi connectivity index (χ0n) is 13.6. The summed E-state index contributed by atoms with van der Waals surface area (Å²) in [6.07, 6.45) is 1.05. The van der Waals surface area contributed by atoms with Crippen LogP contribution in [0.15, 0.2) is 36.4 Å². The first kappa shape index (κ1) is 14.5. The number of benzene rings is 2. The summed E-state index contributed by atoms with van der Waals surface area (Å²) in [5, 5.41) is 2.47. The first-order valence-electron chi connectivity index (χ1n) is 7.58. The van der Waals surface area contributed by atoms with Crippen molar-refractivity contribution in [2.45, 2.75) is 39.6 Å². The summed E-state index contributed by atoms with van der Waals surface area (Å²) < 4.78 is 11.7. The van der Waals surface area contributed by atoms with E-state index in [4.69, 9.17) is 9.39 Å². The molecule has 0 N–H and O–H groups in total. The zero-order valence-corrected chi connectivity index (χ0v) is 13.6. The van der Waals surface area contributed by atoms with Gasteiger partial charge in [-0.25, -0.2) is 0 Å². The molecule has 0 bridgehead atoms. The zero-order chi connectivity index (χ0) is 15.3. The highest BCUT2D eigenvalue weighted by Gasteiger charge is 2.50. The van der Waals surface area contributed by atoms with Crippen molar-refractivity contribution < 1.29 is 9.39 Å². The molecule has 1 heterocycles. The number of rotatable bonds is 2. The monoisotopic (exact) mass is 282 g/mol. The van der Waals surface area contributed by atoms with E-state index in [0.29, 0.717) is 0 Å². The maximum absolute atomic E-state index is 6.38. The van der Waals surface area contributed by atoms with Crippen LogP contribution in [-0.4, -0.2) is 19.6 Å². The molecule has 2 nitrogen and oxygen atoms in total. The first-order valence-corrected chi connectivity index (χ1v) is 7.58. The first-order chi connectivity index (χ1) is 9.84. The predicted octanol–water partition coefficient (Wildman–Crippen LogP) is 3.88. The lowest BCUT2D eigenvalue weighted by atomic mass is 9.53. The Balaban J connectivity index is 2.06. The van der Waals surface area contributed by atoms with Crippen LogP contribution in [0.3, 0.4) is 0 Å². The summed E-state index contributed by atoms with van der Waals surface area (Å²) in [6, 6.07) is 12.7. The summed E-state index contributed by atoms with van der Waals surface area (Å²) in [5.74, 6) is 0.896. The maximum atomic E-state index is 6.38. The molecule has 1 aliphatic rings. The molecule has 1 saturated heterocycles. The van der Waals surface area contributed by atoms with Crippen LogP contribution in [0.1, 0.15) is 27.7 Å². The van der Waals surface area contributed by atoms with Gasteiger partial charge in [0, 0.05) is 0 Å². The average Bonchev–Trinajstić information content (AvgIpc) is 2.66. The van der Waals surface area contributed by atoms with Crippen LogP contribution in [-0.2, 0) is 4.65 Å². The van der Waals surface area contributed by atoms with Gasteiger partial charge in [-0.2, -0.15) is 0 Å². The molecule has 0 atom stereocenters. The fourth-order valence-electron chi connectivity index (χ4n) is 3.13. The number of hydrogen-bond donors (Lipinski definition) is 0. The van der Waals surface area contributed by atoms with Gasteiger partial charge in [-0.05, 0) is 54.0 Å². The van der Waals surface area contributed by atoms with Crippen LogP contribution in [0.2, 0.25) is 6.32 Å². The summed E-state index contributed by atoms with van der Waals surface area (Å²) >= 11 is 0. The van der Waals surface area contributed by atoms with Crippen molar-refractivity contribution in [3.8, 4) is 5.75 Å². The third-order valence-corrected chi connectivity index (χ3v) is 5.23. The standard InChI is InChI=1S/C18H23BO2/c1-17(2)12-19(21-18(17,3)4)16-8-6-7-13-11-14(20-5)9-10-15(13)16/h6-11H,12H2,1-5H3. The molecular formula is C18H23BO2.